The van der Waals surface area contributed by atoms with Crippen molar-refractivity contribution in [2.75, 3.05) is 33.4 Å². The topological polar surface area (TPSA) is 89.3 Å². The van der Waals surface area contributed by atoms with E-state index in [1.54, 1.807) is 18.2 Å². The zero-order valence-corrected chi connectivity index (χ0v) is 27.8. The molecule has 0 heterocycles. The van der Waals surface area contributed by atoms with Crippen molar-refractivity contribution in [2.24, 2.45) is 0 Å². The number of rotatable bonds is 17. The molecule has 2 rings (SSSR count). The van der Waals surface area contributed by atoms with Gasteiger partial charge in [-0.15, -0.1) is 0 Å². The molecule has 0 aliphatic carbocycles. The molecule has 2 aromatic rings. The van der Waals surface area contributed by atoms with Crippen LogP contribution in [0.5, 0.6) is 17.2 Å². The molecule has 0 N–H and O–H groups in total. The highest BCUT2D eigenvalue weighted by atomic mass is 79.9. The van der Waals surface area contributed by atoms with Crippen LogP contribution in [0.15, 0.2) is 34.8 Å². The van der Waals surface area contributed by atoms with Gasteiger partial charge in [-0.2, -0.15) is 0 Å². The summed E-state index contributed by atoms with van der Waals surface area (Å²) in [6.07, 6.45) is 3.65. The van der Waals surface area contributed by atoms with Crippen molar-refractivity contribution in [3.8, 4) is 17.2 Å². The molecule has 0 atom stereocenters. The fraction of sp³-hybridized carbons (Fsp3) is 0.500. The minimum Gasteiger partial charge on any atom is -0.493 e. The van der Waals surface area contributed by atoms with E-state index in [9.17, 15) is 10.1 Å². The minimum atomic E-state index is -1.21. The third-order valence-corrected chi connectivity index (χ3v) is 9.83. The van der Waals surface area contributed by atoms with Crippen LogP contribution in [0.2, 0.25) is 51.4 Å². The molecule has 0 saturated heterocycles. The predicted molar refractivity (Wildman–Crippen MR) is 167 cm³/mol. The molecule has 0 fully saturated rings. The number of halogens is 1. The lowest BCUT2D eigenvalue weighted by atomic mass is 10.1. The first kappa shape index (κ1) is 33.0. The average Bonchev–Trinajstić information content (AvgIpc) is 2.83. The van der Waals surface area contributed by atoms with Crippen LogP contribution in [0, 0.1) is 10.1 Å². The van der Waals surface area contributed by atoms with Gasteiger partial charge in [0, 0.05) is 41.5 Å². The number of nitrogens with zero attached hydrogens (tertiary/aromatic N) is 1. The number of ether oxygens (including phenoxy) is 5. The van der Waals surface area contributed by atoms with Gasteiger partial charge in [0.2, 0.25) is 0 Å². The first-order valence-corrected chi connectivity index (χ1v) is 21.3. The molecule has 0 unspecified atom stereocenters. The Morgan fingerprint density at radius 3 is 2.03 bits per heavy atom. The monoisotopic (exact) mass is 639 g/mol. The molecule has 0 aliphatic rings. The lowest BCUT2D eigenvalue weighted by Crippen LogP contribution is -2.22. The Labute approximate surface area is 242 Å². The quantitative estimate of drug-likeness (QED) is 0.0429. The Hall–Kier alpha value is -2.19. The molecule has 0 amide bonds. The van der Waals surface area contributed by atoms with Crippen molar-refractivity contribution < 1.29 is 28.6 Å². The molecule has 0 radical (unpaired) electrons. The molecule has 39 heavy (non-hydrogen) atoms. The number of hydrogen-bond acceptors (Lipinski definition) is 7. The Balaban J connectivity index is 2.13. The molecule has 0 saturated carbocycles. The second kappa shape index (κ2) is 15.6. The van der Waals surface area contributed by atoms with Gasteiger partial charge in [0.15, 0.2) is 19.3 Å². The Kier molecular flexibility index (Phi) is 13.2. The minimum absolute atomic E-state index is 0.0255. The van der Waals surface area contributed by atoms with Gasteiger partial charge in [-0.1, -0.05) is 57.5 Å². The Morgan fingerprint density at radius 2 is 1.46 bits per heavy atom. The van der Waals surface area contributed by atoms with E-state index in [4.69, 9.17) is 23.7 Å². The summed E-state index contributed by atoms with van der Waals surface area (Å²) in [5, 5.41) is 11.7. The highest BCUT2D eigenvalue weighted by molar-refractivity contribution is 9.10. The summed E-state index contributed by atoms with van der Waals surface area (Å²) in [6, 6.07) is 10.6. The SMILES string of the molecule is CCOc1cc(OCOCC[Si](C)(C)C)cc(C=Cc2ccc(OCOCC[Si](C)(C)C)c([N+](=O)[O-])c2)c1Br. The van der Waals surface area contributed by atoms with Gasteiger partial charge in [-0.05, 0) is 58.2 Å². The van der Waals surface area contributed by atoms with E-state index in [2.05, 4.69) is 55.2 Å². The van der Waals surface area contributed by atoms with Gasteiger partial charge < -0.3 is 23.7 Å². The van der Waals surface area contributed by atoms with E-state index >= 15 is 0 Å². The highest BCUT2D eigenvalue weighted by Gasteiger charge is 2.17. The molecular formula is C28H42BrNO7Si2. The third-order valence-electron chi connectivity index (χ3n) is 5.58. The number of hydrogen-bond donors (Lipinski definition) is 0. The molecular weight excluding hydrogens is 598 g/mol. The van der Waals surface area contributed by atoms with Crippen LogP contribution < -0.4 is 14.2 Å². The van der Waals surface area contributed by atoms with Crippen LogP contribution in [-0.4, -0.2) is 54.5 Å². The zero-order chi connectivity index (χ0) is 29.1. The lowest BCUT2D eigenvalue weighted by molar-refractivity contribution is -0.386. The highest BCUT2D eigenvalue weighted by Crippen LogP contribution is 2.35. The lowest BCUT2D eigenvalue weighted by Gasteiger charge is -2.16. The van der Waals surface area contributed by atoms with Crippen LogP contribution >= 0.6 is 15.9 Å². The summed E-state index contributed by atoms with van der Waals surface area (Å²) in [6.45, 7) is 17.5. The van der Waals surface area contributed by atoms with Gasteiger partial charge in [0.25, 0.3) is 0 Å². The van der Waals surface area contributed by atoms with Crippen LogP contribution in [0.1, 0.15) is 18.1 Å². The second-order valence-electron chi connectivity index (χ2n) is 11.5. The normalized spacial score (nSPS) is 12.1. The van der Waals surface area contributed by atoms with Gasteiger partial charge in [-0.25, -0.2) is 0 Å². The number of nitro groups is 1. The number of benzene rings is 2. The molecule has 0 aliphatic heterocycles. The van der Waals surface area contributed by atoms with E-state index in [0.29, 0.717) is 36.9 Å². The van der Waals surface area contributed by atoms with Crippen LogP contribution in [0.3, 0.4) is 0 Å². The standard InChI is InChI=1S/C28H42BrNO7Si2/c1-8-35-27-19-24(36-20-33-13-15-38(2,3)4)18-23(28(27)29)11-9-22-10-12-26(25(17-22)30(31)32)37-21-34-14-16-39(5,6)7/h9-12,17-19H,8,13-16,20-21H2,1-7H3. The van der Waals surface area contributed by atoms with E-state index in [-0.39, 0.29) is 25.0 Å². The van der Waals surface area contributed by atoms with Crippen molar-refractivity contribution in [1.82, 2.24) is 0 Å². The summed E-state index contributed by atoms with van der Waals surface area (Å²) in [5.41, 5.74) is 1.34. The molecule has 0 aromatic heterocycles. The predicted octanol–water partition coefficient (Wildman–Crippen LogP) is 8.31. The molecule has 11 heteroatoms. The molecule has 2 aromatic carbocycles. The van der Waals surface area contributed by atoms with Crippen LogP contribution in [0.4, 0.5) is 5.69 Å². The largest absolute Gasteiger partial charge is 0.493 e. The van der Waals surface area contributed by atoms with Crippen LogP contribution in [0.25, 0.3) is 12.2 Å². The van der Waals surface area contributed by atoms with E-state index in [0.717, 1.165) is 22.1 Å². The first-order valence-electron chi connectivity index (χ1n) is 13.1. The summed E-state index contributed by atoms with van der Waals surface area (Å²) in [7, 11) is -2.38. The molecule has 0 spiro atoms. The maximum Gasteiger partial charge on any atom is 0.311 e. The third kappa shape index (κ3) is 12.7. The van der Waals surface area contributed by atoms with Crippen molar-refractivity contribution >= 4 is 49.9 Å². The summed E-state index contributed by atoms with van der Waals surface area (Å²) < 4.78 is 29.1. The maximum atomic E-state index is 11.7. The molecule has 216 valence electrons. The Bertz CT molecular complexity index is 1110. The van der Waals surface area contributed by atoms with Crippen molar-refractivity contribution in [2.45, 2.75) is 58.3 Å². The van der Waals surface area contributed by atoms with Gasteiger partial charge >= 0.3 is 5.69 Å². The zero-order valence-electron chi connectivity index (χ0n) is 24.2. The fourth-order valence-corrected chi connectivity index (χ4v) is 5.23. The van der Waals surface area contributed by atoms with Crippen molar-refractivity contribution in [3.63, 3.8) is 0 Å². The fourth-order valence-electron chi connectivity index (χ4n) is 3.24. The summed E-state index contributed by atoms with van der Waals surface area (Å²) >= 11 is 3.61. The first-order chi connectivity index (χ1) is 18.3. The number of nitro benzene ring substituents is 1. The molecule has 8 nitrogen and oxygen atoms in total. The van der Waals surface area contributed by atoms with Crippen molar-refractivity contribution in [3.05, 3.63) is 56.0 Å². The Morgan fingerprint density at radius 1 is 0.846 bits per heavy atom. The second-order valence-corrected chi connectivity index (χ2v) is 23.6. The van der Waals surface area contributed by atoms with Gasteiger partial charge in [0.05, 0.1) is 16.0 Å². The van der Waals surface area contributed by atoms with Gasteiger partial charge in [0.1, 0.15) is 11.5 Å². The van der Waals surface area contributed by atoms with Crippen molar-refractivity contribution in [1.29, 1.82) is 0 Å². The van der Waals surface area contributed by atoms with E-state index in [1.807, 2.05) is 25.1 Å². The average molecular weight is 641 g/mol. The molecule has 0 bridgehead atoms. The van der Waals surface area contributed by atoms with E-state index in [1.165, 1.54) is 6.07 Å². The maximum absolute atomic E-state index is 11.7. The summed E-state index contributed by atoms with van der Waals surface area (Å²) in [5.74, 6) is 1.42. The van der Waals surface area contributed by atoms with E-state index < -0.39 is 21.1 Å². The van der Waals surface area contributed by atoms with Gasteiger partial charge in [-0.3, -0.25) is 10.1 Å². The van der Waals surface area contributed by atoms with Crippen LogP contribution in [-0.2, 0) is 9.47 Å². The smallest absolute Gasteiger partial charge is 0.311 e. The summed E-state index contributed by atoms with van der Waals surface area (Å²) in [4.78, 5) is 11.3.